The largest absolute Gasteiger partial charge is 0.247 e. The smallest absolute Gasteiger partial charge is 0.211 e. The van der Waals surface area contributed by atoms with E-state index in [-0.39, 0.29) is 9.23 Å². The van der Waals surface area contributed by atoms with Gasteiger partial charge in [0.05, 0.1) is 4.34 Å². The van der Waals surface area contributed by atoms with Crippen molar-refractivity contribution in [2.24, 2.45) is 4.99 Å². The number of thiophene rings is 1. The molecule has 1 aromatic heterocycles. The summed E-state index contributed by atoms with van der Waals surface area (Å²) in [6.07, 6.45) is 2.77. The summed E-state index contributed by atoms with van der Waals surface area (Å²) >= 11 is 12.7. The minimum Gasteiger partial charge on any atom is -0.211 e. The van der Waals surface area contributed by atoms with E-state index in [4.69, 9.17) is 23.2 Å². The number of aliphatic imine (C=N–C) groups is 1. The van der Waals surface area contributed by atoms with Crippen LogP contribution in [0.2, 0.25) is 8.67 Å². The third-order valence-corrected chi connectivity index (χ3v) is 6.49. The number of nitrogens with zero attached hydrogens (tertiary/aromatic N) is 2. The van der Waals surface area contributed by atoms with Crippen molar-refractivity contribution >= 4 is 50.6 Å². The van der Waals surface area contributed by atoms with Crippen LogP contribution in [-0.2, 0) is 14.8 Å². The lowest BCUT2D eigenvalue weighted by molar-refractivity contribution is 0.259. The summed E-state index contributed by atoms with van der Waals surface area (Å²) in [6, 6.07) is 1.32. The number of isocyanates is 1. The number of piperidine rings is 1. The monoisotopic (exact) mass is 340 g/mol. The van der Waals surface area contributed by atoms with Crippen LogP contribution in [-0.4, -0.2) is 31.5 Å². The van der Waals surface area contributed by atoms with Crippen molar-refractivity contribution in [3.05, 3.63) is 14.7 Å². The average molecular weight is 341 g/mol. The fourth-order valence-corrected chi connectivity index (χ4v) is 5.69. The molecule has 1 aliphatic rings. The number of rotatable bonds is 3. The molecule has 1 aromatic rings. The highest BCUT2D eigenvalue weighted by Gasteiger charge is 2.35. The van der Waals surface area contributed by atoms with Gasteiger partial charge in [0.2, 0.25) is 16.1 Å². The summed E-state index contributed by atoms with van der Waals surface area (Å²) in [5.41, 5.74) is 0. The van der Waals surface area contributed by atoms with E-state index >= 15 is 0 Å². The van der Waals surface area contributed by atoms with Gasteiger partial charge in [-0.1, -0.05) is 23.2 Å². The third-order valence-electron chi connectivity index (χ3n) is 2.84. The van der Waals surface area contributed by atoms with E-state index in [2.05, 4.69) is 4.99 Å². The van der Waals surface area contributed by atoms with Crippen molar-refractivity contribution < 1.29 is 13.2 Å². The summed E-state index contributed by atoms with van der Waals surface area (Å²) in [6.45, 7) is 0.308. The molecule has 0 amide bonds. The summed E-state index contributed by atoms with van der Waals surface area (Å²) < 4.78 is 26.6. The topological polar surface area (TPSA) is 66.8 Å². The van der Waals surface area contributed by atoms with E-state index in [1.54, 1.807) is 0 Å². The lowest BCUT2D eigenvalue weighted by Crippen LogP contribution is -2.42. The van der Waals surface area contributed by atoms with Crippen molar-refractivity contribution in [1.82, 2.24) is 4.31 Å². The first-order chi connectivity index (χ1) is 8.96. The second-order valence-corrected chi connectivity index (χ2v) is 8.15. The van der Waals surface area contributed by atoms with Crippen molar-refractivity contribution in [2.45, 2.75) is 30.3 Å². The molecule has 0 N–H and O–H groups in total. The van der Waals surface area contributed by atoms with E-state index in [0.717, 1.165) is 24.2 Å². The van der Waals surface area contributed by atoms with Gasteiger partial charge in [-0.25, -0.2) is 13.2 Å². The molecule has 0 radical (unpaired) electrons. The normalized spacial score (nSPS) is 21.1. The maximum Gasteiger partial charge on any atom is 0.247 e. The van der Waals surface area contributed by atoms with E-state index in [0.29, 0.717) is 17.3 Å². The van der Waals surface area contributed by atoms with Gasteiger partial charge in [-0.3, -0.25) is 0 Å². The number of halogens is 2. The van der Waals surface area contributed by atoms with Crippen LogP contribution in [0.25, 0.3) is 0 Å². The van der Waals surface area contributed by atoms with Gasteiger partial charge < -0.3 is 0 Å². The van der Waals surface area contributed by atoms with E-state index in [9.17, 15) is 13.2 Å². The maximum absolute atomic E-state index is 12.5. The van der Waals surface area contributed by atoms with Gasteiger partial charge in [0, 0.05) is 6.54 Å². The predicted molar refractivity (Wildman–Crippen MR) is 74.0 cm³/mol. The Morgan fingerprint density at radius 3 is 2.74 bits per heavy atom. The molecule has 0 bridgehead atoms. The molecule has 1 unspecified atom stereocenters. The zero-order chi connectivity index (χ0) is 14.0. The number of hydrogen-bond acceptors (Lipinski definition) is 5. The Morgan fingerprint density at radius 2 is 2.16 bits per heavy atom. The van der Waals surface area contributed by atoms with Crippen LogP contribution in [0, 0.1) is 0 Å². The highest BCUT2D eigenvalue weighted by molar-refractivity contribution is 7.89. The fraction of sp³-hybridized carbons (Fsp3) is 0.500. The van der Waals surface area contributed by atoms with Gasteiger partial charge >= 0.3 is 0 Å². The molecular weight excluding hydrogens is 331 g/mol. The maximum atomic E-state index is 12.5. The molecule has 19 heavy (non-hydrogen) atoms. The Morgan fingerprint density at radius 1 is 1.42 bits per heavy atom. The predicted octanol–water partition coefficient (Wildman–Crippen LogP) is 2.89. The molecule has 1 saturated heterocycles. The molecule has 0 aliphatic carbocycles. The molecule has 104 valence electrons. The van der Waals surface area contributed by atoms with E-state index in [1.807, 2.05) is 0 Å². The molecule has 5 nitrogen and oxygen atoms in total. The quantitative estimate of drug-likeness (QED) is 0.627. The van der Waals surface area contributed by atoms with Gasteiger partial charge in [0.1, 0.15) is 15.4 Å². The minimum atomic E-state index is -3.79. The van der Waals surface area contributed by atoms with Crippen LogP contribution in [0.4, 0.5) is 0 Å². The molecule has 1 atom stereocenters. The second-order valence-electron chi connectivity index (χ2n) is 4.00. The molecule has 1 fully saturated rings. The summed E-state index contributed by atoms with van der Waals surface area (Å²) in [7, 11) is -3.79. The van der Waals surface area contributed by atoms with Crippen LogP contribution < -0.4 is 0 Å². The van der Waals surface area contributed by atoms with Gasteiger partial charge in [0.15, 0.2) is 0 Å². The van der Waals surface area contributed by atoms with Crippen LogP contribution >= 0.6 is 34.5 Å². The first-order valence-electron chi connectivity index (χ1n) is 5.50. The molecule has 0 aromatic carbocycles. The number of sulfonamides is 1. The fourth-order valence-electron chi connectivity index (χ4n) is 1.99. The molecule has 2 rings (SSSR count). The zero-order valence-electron chi connectivity index (χ0n) is 9.67. The molecule has 2 heterocycles. The summed E-state index contributed by atoms with van der Waals surface area (Å²) in [5, 5.41) is 0. The zero-order valence-corrected chi connectivity index (χ0v) is 12.8. The van der Waals surface area contributed by atoms with Crippen molar-refractivity contribution in [3.63, 3.8) is 0 Å². The van der Waals surface area contributed by atoms with Gasteiger partial charge in [-0.05, 0) is 25.3 Å². The van der Waals surface area contributed by atoms with Gasteiger partial charge in [0.25, 0.3) is 0 Å². The first-order valence-corrected chi connectivity index (χ1v) is 8.51. The Kier molecular flexibility index (Phi) is 4.66. The molecular formula is C10H10Cl2N2O3S2. The third kappa shape index (κ3) is 3.02. The first kappa shape index (κ1) is 15.0. The van der Waals surface area contributed by atoms with E-state index < -0.39 is 16.2 Å². The van der Waals surface area contributed by atoms with Crippen molar-refractivity contribution in [2.75, 3.05) is 6.54 Å². The van der Waals surface area contributed by atoms with Crippen molar-refractivity contribution in [1.29, 1.82) is 0 Å². The van der Waals surface area contributed by atoms with Crippen LogP contribution in [0.3, 0.4) is 0 Å². The Hall–Kier alpha value is -0.430. The highest BCUT2D eigenvalue weighted by Crippen LogP contribution is 2.37. The Balaban J connectivity index is 2.42. The molecule has 0 spiro atoms. The molecule has 9 heteroatoms. The van der Waals surface area contributed by atoms with Crippen LogP contribution in [0.5, 0.6) is 0 Å². The second kappa shape index (κ2) is 5.91. The van der Waals surface area contributed by atoms with E-state index in [1.165, 1.54) is 16.5 Å². The standard InChI is InChI=1S/C10H10Cl2N2O3S2/c11-8-5-7(10(12)18-8)19(16,17)14-4-2-1-3-9(14)13-6-15/h5,9H,1-4H2. The van der Waals surface area contributed by atoms with Gasteiger partial charge in [-0.2, -0.15) is 9.30 Å². The Bertz CT molecular complexity index is 623. The van der Waals surface area contributed by atoms with Crippen LogP contribution in [0.15, 0.2) is 16.0 Å². The van der Waals surface area contributed by atoms with Crippen LogP contribution in [0.1, 0.15) is 19.3 Å². The van der Waals surface area contributed by atoms with Gasteiger partial charge in [-0.15, -0.1) is 11.3 Å². The Labute approximate surface area is 124 Å². The lowest BCUT2D eigenvalue weighted by atomic mass is 10.1. The highest BCUT2D eigenvalue weighted by atomic mass is 35.5. The summed E-state index contributed by atoms with van der Waals surface area (Å²) in [5.74, 6) is 0. The minimum absolute atomic E-state index is 0.0304. The SMILES string of the molecule is O=C=NC1CCCCN1S(=O)(=O)c1cc(Cl)sc1Cl. The number of hydrogen-bond donors (Lipinski definition) is 0. The summed E-state index contributed by atoms with van der Waals surface area (Å²) in [4.78, 5) is 13.9. The molecule has 0 saturated carbocycles. The number of carbonyl (C=O) groups excluding carboxylic acids is 1. The van der Waals surface area contributed by atoms with Crippen molar-refractivity contribution in [3.8, 4) is 0 Å². The average Bonchev–Trinajstić information content (AvgIpc) is 2.70. The molecule has 1 aliphatic heterocycles. The lowest BCUT2D eigenvalue weighted by Gasteiger charge is -2.30.